The monoisotopic (exact) mass is 425 g/mol. The van der Waals surface area contributed by atoms with E-state index in [4.69, 9.17) is 27.9 Å². The van der Waals surface area contributed by atoms with Gasteiger partial charge in [-0.25, -0.2) is 0 Å². The average Bonchev–Trinajstić information content (AvgIpc) is 3.08. The third-order valence-corrected chi connectivity index (χ3v) is 5.84. The highest BCUT2D eigenvalue weighted by Gasteiger charge is 2.15. The zero-order valence-corrected chi connectivity index (χ0v) is 16.7. The van der Waals surface area contributed by atoms with Crippen LogP contribution in [0.4, 0.5) is 5.13 Å². The van der Waals surface area contributed by atoms with Gasteiger partial charge in [0.15, 0.2) is 4.34 Å². The third kappa shape index (κ3) is 4.88. The Labute approximate surface area is 168 Å². The molecule has 0 saturated heterocycles. The predicted molar refractivity (Wildman–Crippen MR) is 107 cm³/mol. The highest BCUT2D eigenvalue weighted by atomic mass is 35.5. The highest BCUT2D eigenvalue weighted by molar-refractivity contribution is 8.00. The minimum Gasteiger partial charge on any atom is -0.496 e. The molecule has 1 aromatic heterocycles. The fraction of sp³-hybridized carbons (Fsp3) is 0.118. The molecular weight excluding hydrogens is 413 g/mol. The van der Waals surface area contributed by atoms with Crippen molar-refractivity contribution in [1.82, 2.24) is 10.2 Å². The molecule has 0 fully saturated rings. The summed E-state index contributed by atoms with van der Waals surface area (Å²) >= 11 is 14.7. The molecule has 1 heterocycles. The number of hydrogen-bond acceptors (Lipinski definition) is 6. The summed E-state index contributed by atoms with van der Waals surface area (Å²) < 4.78 is 5.95. The van der Waals surface area contributed by atoms with Crippen LogP contribution in [0.3, 0.4) is 0 Å². The molecule has 2 aromatic carbocycles. The molecule has 0 aliphatic heterocycles. The van der Waals surface area contributed by atoms with Crippen LogP contribution >= 0.6 is 46.3 Å². The van der Waals surface area contributed by atoms with Gasteiger partial charge in [-0.1, -0.05) is 58.4 Å². The van der Waals surface area contributed by atoms with Gasteiger partial charge < -0.3 is 4.74 Å². The van der Waals surface area contributed by atoms with E-state index in [1.165, 1.54) is 30.2 Å². The van der Waals surface area contributed by atoms with Crippen LogP contribution in [-0.4, -0.2) is 23.2 Å². The number of aromatic nitrogens is 2. The zero-order chi connectivity index (χ0) is 18.5. The second kappa shape index (κ2) is 8.73. The molecule has 26 heavy (non-hydrogen) atoms. The van der Waals surface area contributed by atoms with Gasteiger partial charge in [-0.2, -0.15) is 0 Å². The number of nitrogens with one attached hydrogen (secondary N) is 1. The van der Waals surface area contributed by atoms with Crippen LogP contribution in [-0.2, 0) is 5.75 Å². The summed E-state index contributed by atoms with van der Waals surface area (Å²) in [6.45, 7) is 0. The quantitative estimate of drug-likeness (QED) is 0.423. The molecule has 0 spiro atoms. The smallest absolute Gasteiger partial charge is 0.261 e. The summed E-state index contributed by atoms with van der Waals surface area (Å²) in [5.41, 5.74) is 1.47. The summed E-state index contributed by atoms with van der Waals surface area (Å²) in [6, 6.07) is 12.5. The number of rotatable bonds is 6. The Balaban J connectivity index is 1.64. The number of carbonyl (C=O) groups is 1. The van der Waals surface area contributed by atoms with Crippen molar-refractivity contribution in [3.8, 4) is 5.75 Å². The maximum atomic E-state index is 12.4. The summed E-state index contributed by atoms with van der Waals surface area (Å²) in [7, 11) is 1.50. The topological polar surface area (TPSA) is 64.1 Å². The molecule has 0 atom stereocenters. The first-order valence-electron chi connectivity index (χ1n) is 7.41. The second-order valence-corrected chi connectivity index (χ2v) is 8.16. The SMILES string of the molecule is COc1ccc(Cl)cc1C(=O)Nc1nnc(SCc2ccc(Cl)cc2)s1. The standard InChI is InChI=1S/C17H13Cl2N3O2S2/c1-24-14-7-6-12(19)8-13(14)15(23)20-16-21-22-17(26-16)25-9-10-2-4-11(18)5-3-10/h2-8H,9H2,1H3,(H,20,21,23). The van der Waals surface area contributed by atoms with Gasteiger partial charge in [-0.3, -0.25) is 10.1 Å². The maximum Gasteiger partial charge on any atom is 0.261 e. The number of thioether (sulfide) groups is 1. The van der Waals surface area contributed by atoms with Crippen LogP contribution in [0.25, 0.3) is 0 Å². The Hall–Kier alpha value is -1.80. The fourth-order valence-corrected chi connectivity index (χ4v) is 4.07. The van der Waals surface area contributed by atoms with Crippen molar-refractivity contribution >= 4 is 57.3 Å². The number of ether oxygens (including phenoxy) is 1. The molecule has 0 aliphatic carbocycles. The fourth-order valence-electron chi connectivity index (χ4n) is 2.07. The Morgan fingerprint density at radius 3 is 2.62 bits per heavy atom. The predicted octanol–water partition coefficient (Wildman–Crippen LogP) is 5.40. The average molecular weight is 426 g/mol. The molecule has 1 N–H and O–H groups in total. The Morgan fingerprint density at radius 1 is 1.15 bits per heavy atom. The van der Waals surface area contributed by atoms with Crippen molar-refractivity contribution < 1.29 is 9.53 Å². The summed E-state index contributed by atoms with van der Waals surface area (Å²) in [6.07, 6.45) is 0. The van der Waals surface area contributed by atoms with E-state index in [1.807, 2.05) is 24.3 Å². The van der Waals surface area contributed by atoms with Crippen LogP contribution in [0.15, 0.2) is 46.8 Å². The van der Waals surface area contributed by atoms with Gasteiger partial charge >= 0.3 is 0 Å². The van der Waals surface area contributed by atoms with Gasteiger partial charge in [-0.15, -0.1) is 10.2 Å². The molecule has 3 aromatic rings. The van der Waals surface area contributed by atoms with Gasteiger partial charge in [-0.05, 0) is 35.9 Å². The van der Waals surface area contributed by atoms with E-state index in [9.17, 15) is 4.79 Å². The molecule has 9 heteroatoms. The number of nitrogens with zero attached hydrogens (tertiary/aromatic N) is 2. The van der Waals surface area contributed by atoms with Crippen molar-refractivity contribution in [3.63, 3.8) is 0 Å². The lowest BCUT2D eigenvalue weighted by atomic mass is 10.2. The van der Waals surface area contributed by atoms with E-state index < -0.39 is 0 Å². The highest BCUT2D eigenvalue weighted by Crippen LogP contribution is 2.30. The molecule has 0 radical (unpaired) electrons. The summed E-state index contributed by atoms with van der Waals surface area (Å²) in [4.78, 5) is 12.4. The van der Waals surface area contributed by atoms with Crippen molar-refractivity contribution in [2.45, 2.75) is 10.1 Å². The first-order valence-corrected chi connectivity index (χ1v) is 9.96. The minimum atomic E-state index is -0.352. The molecule has 5 nitrogen and oxygen atoms in total. The zero-order valence-electron chi connectivity index (χ0n) is 13.5. The number of hydrogen-bond donors (Lipinski definition) is 1. The maximum absolute atomic E-state index is 12.4. The number of halogens is 2. The van der Waals surface area contributed by atoms with Gasteiger partial charge in [0.25, 0.3) is 5.91 Å². The van der Waals surface area contributed by atoms with Crippen LogP contribution in [0.1, 0.15) is 15.9 Å². The number of anilines is 1. The first kappa shape index (κ1) is 19.0. The van der Waals surface area contributed by atoms with Crippen molar-refractivity contribution in [3.05, 3.63) is 63.6 Å². The van der Waals surface area contributed by atoms with Crippen molar-refractivity contribution in [1.29, 1.82) is 0 Å². The normalized spacial score (nSPS) is 10.6. The summed E-state index contributed by atoms with van der Waals surface area (Å²) in [5.74, 6) is 0.825. The van der Waals surface area contributed by atoms with Gasteiger partial charge in [0.1, 0.15) is 5.75 Å². The Bertz CT molecular complexity index is 917. The lowest BCUT2D eigenvalue weighted by molar-refractivity contribution is 0.102. The number of carbonyl (C=O) groups excluding carboxylic acids is 1. The molecule has 3 rings (SSSR count). The lowest BCUT2D eigenvalue weighted by Gasteiger charge is -2.07. The third-order valence-electron chi connectivity index (χ3n) is 3.31. The largest absolute Gasteiger partial charge is 0.496 e. The molecule has 1 amide bonds. The second-order valence-electron chi connectivity index (χ2n) is 5.09. The van der Waals surface area contributed by atoms with E-state index in [2.05, 4.69) is 15.5 Å². The van der Waals surface area contributed by atoms with Crippen LogP contribution < -0.4 is 10.1 Å². The van der Waals surface area contributed by atoms with Crippen molar-refractivity contribution in [2.24, 2.45) is 0 Å². The van der Waals surface area contributed by atoms with Crippen molar-refractivity contribution in [2.75, 3.05) is 12.4 Å². The number of benzene rings is 2. The summed E-state index contributed by atoms with van der Waals surface area (Å²) in [5, 5.41) is 12.4. The van der Waals surface area contributed by atoms with Gasteiger partial charge in [0.05, 0.1) is 12.7 Å². The van der Waals surface area contributed by atoms with Gasteiger partial charge in [0, 0.05) is 15.8 Å². The van der Waals surface area contributed by atoms with Crippen LogP contribution in [0.2, 0.25) is 10.0 Å². The van der Waals surface area contributed by atoms with E-state index in [-0.39, 0.29) is 5.91 Å². The van der Waals surface area contributed by atoms with Gasteiger partial charge in [0.2, 0.25) is 5.13 Å². The molecule has 0 saturated carbocycles. The molecule has 0 unspecified atom stereocenters. The Morgan fingerprint density at radius 2 is 1.88 bits per heavy atom. The minimum absolute atomic E-state index is 0.338. The number of methoxy groups -OCH3 is 1. The lowest BCUT2D eigenvalue weighted by Crippen LogP contribution is -2.13. The molecular formula is C17H13Cl2N3O2S2. The van der Waals surface area contributed by atoms with E-state index >= 15 is 0 Å². The van der Waals surface area contributed by atoms with Crippen LogP contribution in [0, 0.1) is 0 Å². The van der Waals surface area contributed by atoms with E-state index in [0.29, 0.717) is 26.5 Å². The molecule has 0 bridgehead atoms. The number of amides is 1. The van der Waals surface area contributed by atoms with Crippen LogP contribution in [0.5, 0.6) is 5.75 Å². The molecule has 134 valence electrons. The first-order chi connectivity index (χ1) is 12.5. The Kier molecular flexibility index (Phi) is 6.37. The van der Waals surface area contributed by atoms with E-state index in [1.54, 1.807) is 18.2 Å². The molecule has 0 aliphatic rings. The van der Waals surface area contributed by atoms with E-state index in [0.717, 1.165) is 15.7 Å².